The van der Waals surface area contributed by atoms with E-state index in [-0.39, 0.29) is 0 Å². The van der Waals surface area contributed by atoms with Crippen LogP contribution in [0.15, 0.2) is 0 Å². The second kappa shape index (κ2) is 8.04. The zero-order chi connectivity index (χ0) is 11.8. The molecule has 0 bridgehead atoms. The Morgan fingerprint density at radius 3 is 2.44 bits per heavy atom. The Morgan fingerprint density at radius 2 is 1.88 bits per heavy atom. The van der Waals surface area contributed by atoms with Crippen LogP contribution in [0.1, 0.15) is 39.5 Å². The van der Waals surface area contributed by atoms with E-state index in [0.717, 1.165) is 32.3 Å². The van der Waals surface area contributed by atoms with Crippen LogP contribution in [0, 0.1) is 0 Å². The SMILES string of the molecule is CCC(CC)N(C)CCOC1CCNCC1. The number of hydrogen-bond acceptors (Lipinski definition) is 3. The topological polar surface area (TPSA) is 24.5 Å². The van der Waals surface area contributed by atoms with Gasteiger partial charge < -0.3 is 15.0 Å². The van der Waals surface area contributed by atoms with Crippen LogP contribution in [-0.2, 0) is 4.74 Å². The molecule has 0 spiro atoms. The van der Waals surface area contributed by atoms with Gasteiger partial charge in [-0.1, -0.05) is 13.8 Å². The molecule has 0 unspecified atom stereocenters. The van der Waals surface area contributed by atoms with Crippen LogP contribution in [0.2, 0.25) is 0 Å². The lowest BCUT2D eigenvalue weighted by atomic mass is 10.1. The van der Waals surface area contributed by atoms with Gasteiger partial charge >= 0.3 is 0 Å². The highest BCUT2D eigenvalue weighted by Crippen LogP contribution is 2.09. The smallest absolute Gasteiger partial charge is 0.0600 e. The number of rotatable bonds is 7. The van der Waals surface area contributed by atoms with Crippen LogP contribution in [-0.4, -0.2) is 50.3 Å². The molecule has 0 radical (unpaired) electrons. The van der Waals surface area contributed by atoms with Crippen molar-refractivity contribution in [2.75, 3.05) is 33.3 Å². The molecule has 0 aliphatic carbocycles. The summed E-state index contributed by atoms with van der Waals surface area (Å²) >= 11 is 0. The lowest BCUT2D eigenvalue weighted by Crippen LogP contribution is -2.36. The van der Waals surface area contributed by atoms with Crippen LogP contribution in [0.25, 0.3) is 0 Å². The number of nitrogens with one attached hydrogen (secondary N) is 1. The number of likely N-dealkylation sites (N-methyl/N-ethyl adjacent to an activating group) is 1. The highest BCUT2D eigenvalue weighted by atomic mass is 16.5. The van der Waals surface area contributed by atoms with Gasteiger partial charge in [-0.3, -0.25) is 0 Å². The second-order valence-electron chi connectivity index (χ2n) is 4.77. The molecule has 1 aliphatic rings. The number of ether oxygens (including phenoxy) is 1. The Morgan fingerprint density at radius 1 is 1.25 bits per heavy atom. The molecule has 96 valence electrons. The summed E-state index contributed by atoms with van der Waals surface area (Å²) in [5.41, 5.74) is 0. The van der Waals surface area contributed by atoms with E-state index >= 15 is 0 Å². The summed E-state index contributed by atoms with van der Waals surface area (Å²) in [6.45, 7) is 8.71. The van der Waals surface area contributed by atoms with E-state index in [1.807, 2.05) is 0 Å². The molecule has 0 aromatic carbocycles. The zero-order valence-corrected chi connectivity index (χ0v) is 11.2. The Hall–Kier alpha value is -0.120. The first-order valence-corrected chi connectivity index (χ1v) is 6.80. The summed E-state index contributed by atoms with van der Waals surface area (Å²) in [6, 6.07) is 0.719. The molecular weight excluding hydrogens is 200 g/mol. The normalized spacial score (nSPS) is 18.6. The summed E-state index contributed by atoms with van der Waals surface area (Å²) in [5, 5.41) is 3.36. The predicted molar refractivity (Wildman–Crippen MR) is 68.8 cm³/mol. The van der Waals surface area contributed by atoms with Crippen molar-refractivity contribution >= 4 is 0 Å². The molecular formula is C13H28N2O. The number of piperidine rings is 1. The second-order valence-corrected chi connectivity index (χ2v) is 4.77. The fraction of sp³-hybridized carbons (Fsp3) is 1.00. The van der Waals surface area contributed by atoms with E-state index in [9.17, 15) is 0 Å². The van der Waals surface area contributed by atoms with Crippen molar-refractivity contribution in [1.82, 2.24) is 10.2 Å². The van der Waals surface area contributed by atoms with Crippen LogP contribution >= 0.6 is 0 Å². The highest BCUT2D eigenvalue weighted by molar-refractivity contribution is 4.69. The molecule has 1 fully saturated rings. The maximum atomic E-state index is 5.91. The summed E-state index contributed by atoms with van der Waals surface area (Å²) in [5.74, 6) is 0. The fourth-order valence-corrected chi connectivity index (χ4v) is 2.42. The van der Waals surface area contributed by atoms with Gasteiger partial charge in [-0.2, -0.15) is 0 Å². The van der Waals surface area contributed by atoms with Crippen molar-refractivity contribution in [2.45, 2.75) is 51.7 Å². The Balaban J connectivity index is 2.09. The molecule has 0 saturated carbocycles. The third-order valence-electron chi connectivity index (χ3n) is 3.65. The summed E-state index contributed by atoms with van der Waals surface area (Å²) in [6.07, 6.45) is 5.32. The van der Waals surface area contributed by atoms with Crippen LogP contribution < -0.4 is 5.32 Å². The maximum absolute atomic E-state index is 5.91. The van der Waals surface area contributed by atoms with Gasteiger partial charge in [-0.15, -0.1) is 0 Å². The van der Waals surface area contributed by atoms with Crippen LogP contribution in [0.5, 0.6) is 0 Å². The molecule has 1 heterocycles. The van der Waals surface area contributed by atoms with Gasteiger partial charge in [0.2, 0.25) is 0 Å². The van der Waals surface area contributed by atoms with E-state index in [4.69, 9.17) is 4.74 Å². The van der Waals surface area contributed by atoms with Crippen molar-refractivity contribution in [3.05, 3.63) is 0 Å². The summed E-state index contributed by atoms with van der Waals surface area (Å²) < 4.78 is 5.91. The van der Waals surface area contributed by atoms with Crippen LogP contribution in [0.4, 0.5) is 0 Å². The molecule has 0 aromatic rings. The molecule has 0 amide bonds. The van der Waals surface area contributed by atoms with E-state index < -0.39 is 0 Å². The van der Waals surface area contributed by atoms with Crippen molar-refractivity contribution in [2.24, 2.45) is 0 Å². The first kappa shape index (κ1) is 13.9. The minimum atomic E-state index is 0.497. The van der Waals surface area contributed by atoms with E-state index in [0.29, 0.717) is 6.10 Å². The lowest BCUT2D eigenvalue weighted by molar-refractivity contribution is 0.0178. The van der Waals surface area contributed by atoms with Gasteiger partial charge in [0.05, 0.1) is 12.7 Å². The molecule has 1 aliphatic heterocycles. The molecule has 1 N–H and O–H groups in total. The average Bonchev–Trinajstić information content (AvgIpc) is 2.32. The molecule has 1 saturated heterocycles. The lowest BCUT2D eigenvalue weighted by Gasteiger charge is -2.28. The van der Waals surface area contributed by atoms with Gasteiger partial charge in [-0.05, 0) is 45.8 Å². The van der Waals surface area contributed by atoms with Crippen molar-refractivity contribution in [3.8, 4) is 0 Å². The van der Waals surface area contributed by atoms with Gasteiger partial charge in [0.1, 0.15) is 0 Å². The maximum Gasteiger partial charge on any atom is 0.0600 e. The monoisotopic (exact) mass is 228 g/mol. The summed E-state index contributed by atoms with van der Waals surface area (Å²) in [4.78, 5) is 2.43. The third kappa shape index (κ3) is 4.81. The van der Waals surface area contributed by atoms with Crippen molar-refractivity contribution in [1.29, 1.82) is 0 Å². The Bertz CT molecular complexity index is 165. The molecule has 16 heavy (non-hydrogen) atoms. The van der Waals surface area contributed by atoms with Crippen molar-refractivity contribution in [3.63, 3.8) is 0 Å². The fourth-order valence-electron chi connectivity index (χ4n) is 2.42. The Labute approximate surface area is 101 Å². The van der Waals surface area contributed by atoms with Crippen molar-refractivity contribution < 1.29 is 4.74 Å². The molecule has 1 rings (SSSR count). The minimum absolute atomic E-state index is 0.497. The minimum Gasteiger partial charge on any atom is -0.377 e. The number of nitrogens with zero attached hydrogens (tertiary/aromatic N) is 1. The predicted octanol–water partition coefficient (Wildman–Crippen LogP) is 1.88. The molecule has 3 nitrogen and oxygen atoms in total. The largest absolute Gasteiger partial charge is 0.377 e. The van der Waals surface area contributed by atoms with Gasteiger partial charge in [0.15, 0.2) is 0 Å². The summed E-state index contributed by atoms with van der Waals surface area (Å²) in [7, 11) is 2.21. The van der Waals surface area contributed by atoms with E-state index in [1.165, 1.54) is 25.7 Å². The molecule has 0 atom stereocenters. The first-order chi connectivity index (χ1) is 7.77. The molecule has 0 aromatic heterocycles. The van der Waals surface area contributed by atoms with Gasteiger partial charge in [0.25, 0.3) is 0 Å². The van der Waals surface area contributed by atoms with E-state index in [2.05, 4.69) is 31.1 Å². The van der Waals surface area contributed by atoms with E-state index in [1.54, 1.807) is 0 Å². The average molecular weight is 228 g/mol. The van der Waals surface area contributed by atoms with Crippen LogP contribution in [0.3, 0.4) is 0 Å². The highest BCUT2D eigenvalue weighted by Gasteiger charge is 2.14. The van der Waals surface area contributed by atoms with Gasteiger partial charge in [0, 0.05) is 12.6 Å². The zero-order valence-electron chi connectivity index (χ0n) is 11.2. The quantitative estimate of drug-likeness (QED) is 0.720. The van der Waals surface area contributed by atoms with Gasteiger partial charge in [-0.25, -0.2) is 0 Å². The first-order valence-electron chi connectivity index (χ1n) is 6.80. The molecule has 3 heteroatoms. The Kier molecular flexibility index (Phi) is 7.01. The third-order valence-corrected chi connectivity index (χ3v) is 3.65. The number of hydrogen-bond donors (Lipinski definition) is 1. The standard InChI is InChI=1S/C13H28N2O/c1-4-12(5-2)15(3)10-11-16-13-6-8-14-9-7-13/h12-14H,4-11H2,1-3H3.